The van der Waals surface area contributed by atoms with Crippen LogP contribution >= 0.6 is 11.6 Å². The maximum atomic E-state index is 6.15. The number of nitrogens with zero attached hydrogens (tertiary/aromatic N) is 2. The van der Waals surface area contributed by atoms with Gasteiger partial charge in [-0.15, -0.1) is 0 Å². The molecule has 2 rings (SSSR count). The summed E-state index contributed by atoms with van der Waals surface area (Å²) in [6.45, 7) is 6.13. The molecule has 1 heterocycles. The first kappa shape index (κ1) is 13.6. The summed E-state index contributed by atoms with van der Waals surface area (Å²) in [7, 11) is 0. The average molecular weight is 268 g/mol. The SMILES string of the molecule is Cc1nc(Cl)c(NC(C)C2CCCCC2)nc1C. The highest BCUT2D eigenvalue weighted by atomic mass is 35.5. The molecule has 1 fully saturated rings. The summed E-state index contributed by atoms with van der Waals surface area (Å²) in [5.74, 6) is 1.47. The zero-order valence-corrected chi connectivity index (χ0v) is 12.2. The molecule has 1 N–H and O–H groups in total. The van der Waals surface area contributed by atoms with Crippen LogP contribution < -0.4 is 5.32 Å². The second kappa shape index (κ2) is 5.87. The third-order valence-electron chi connectivity index (χ3n) is 3.99. The molecule has 0 bridgehead atoms. The number of hydrogen-bond acceptors (Lipinski definition) is 3. The standard InChI is InChI=1S/C14H22ClN3/c1-9-10(2)17-14(13(15)16-9)18-11(3)12-7-5-4-6-8-12/h11-12H,4-8H2,1-3H3,(H,17,18). The van der Waals surface area contributed by atoms with Crippen molar-refractivity contribution in [3.05, 3.63) is 16.5 Å². The molecule has 1 aromatic heterocycles. The molecule has 0 radical (unpaired) electrons. The molecule has 0 spiro atoms. The number of aromatic nitrogens is 2. The van der Waals surface area contributed by atoms with Crippen LogP contribution in [0.2, 0.25) is 5.15 Å². The van der Waals surface area contributed by atoms with Crippen LogP contribution in [0.4, 0.5) is 5.82 Å². The predicted octanol–water partition coefficient (Wildman–Crippen LogP) is 4.13. The molecule has 100 valence electrons. The van der Waals surface area contributed by atoms with Crippen LogP contribution in [0.25, 0.3) is 0 Å². The van der Waals surface area contributed by atoms with Crippen LogP contribution in [0.1, 0.15) is 50.4 Å². The lowest BCUT2D eigenvalue weighted by Gasteiger charge is -2.28. The first-order chi connectivity index (χ1) is 8.58. The number of aryl methyl sites for hydroxylation is 2. The molecule has 0 amide bonds. The van der Waals surface area contributed by atoms with Gasteiger partial charge in [-0.2, -0.15) is 0 Å². The summed E-state index contributed by atoms with van der Waals surface area (Å²) in [4.78, 5) is 8.81. The van der Waals surface area contributed by atoms with Crippen LogP contribution in [-0.4, -0.2) is 16.0 Å². The van der Waals surface area contributed by atoms with Crippen LogP contribution in [0, 0.1) is 19.8 Å². The Hall–Kier alpha value is -0.830. The molecule has 1 saturated carbocycles. The first-order valence-corrected chi connectivity index (χ1v) is 7.23. The van der Waals surface area contributed by atoms with Crippen LogP contribution in [0.5, 0.6) is 0 Å². The molecular weight excluding hydrogens is 246 g/mol. The Labute approximate surface area is 114 Å². The van der Waals surface area contributed by atoms with E-state index in [-0.39, 0.29) is 0 Å². The second-order valence-electron chi connectivity index (χ2n) is 5.36. The average Bonchev–Trinajstić information content (AvgIpc) is 2.37. The van der Waals surface area contributed by atoms with Gasteiger partial charge in [-0.1, -0.05) is 30.9 Å². The second-order valence-corrected chi connectivity index (χ2v) is 5.72. The van der Waals surface area contributed by atoms with Gasteiger partial charge >= 0.3 is 0 Å². The molecule has 0 aliphatic heterocycles. The molecule has 4 heteroatoms. The van der Waals surface area contributed by atoms with E-state index in [9.17, 15) is 0 Å². The van der Waals surface area contributed by atoms with Crippen molar-refractivity contribution in [3.63, 3.8) is 0 Å². The molecule has 1 aromatic rings. The fourth-order valence-electron chi connectivity index (χ4n) is 2.64. The highest BCUT2D eigenvalue weighted by molar-refractivity contribution is 6.31. The zero-order valence-electron chi connectivity index (χ0n) is 11.5. The highest BCUT2D eigenvalue weighted by Gasteiger charge is 2.21. The van der Waals surface area contributed by atoms with E-state index in [0.29, 0.717) is 11.2 Å². The molecule has 18 heavy (non-hydrogen) atoms. The van der Waals surface area contributed by atoms with Crippen molar-refractivity contribution in [3.8, 4) is 0 Å². The molecule has 3 nitrogen and oxygen atoms in total. The highest BCUT2D eigenvalue weighted by Crippen LogP contribution is 2.29. The topological polar surface area (TPSA) is 37.8 Å². The van der Waals surface area contributed by atoms with Crippen molar-refractivity contribution in [2.45, 2.75) is 58.9 Å². The minimum Gasteiger partial charge on any atom is -0.365 e. The van der Waals surface area contributed by atoms with Crippen molar-refractivity contribution < 1.29 is 0 Å². The van der Waals surface area contributed by atoms with E-state index in [1.165, 1.54) is 32.1 Å². The first-order valence-electron chi connectivity index (χ1n) is 6.85. The summed E-state index contributed by atoms with van der Waals surface area (Å²) < 4.78 is 0. The maximum absolute atomic E-state index is 6.15. The van der Waals surface area contributed by atoms with Crippen molar-refractivity contribution in [1.29, 1.82) is 0 Å². The predicted molar refractivity (Wildman–Crippen MR) is 76.2 cm³/mol. The number of halogens is 1. The van der Waals surface area contributed by atoms with Gasteiger partial charge in [0.2, 0.25) is 0 Å². The summed E-state index contributed by atoms with van der Waals surface area (Å²) >= 11 is 6.15. The summed E-state index contributed by atoms with van der Waals surface area (Å²) in [6, 6.07) is 0.416. The van der Waals surface area contributed by atoms with Crippen molar-refractivity contribution in [2.75, 3.05) is 5.32 Å². The molecule has 1 unspecified atom stereocenters. The Bertz CT molecular complexity index is 414. The van der Waals surface area contributed by atoms with Gasteiger partial charge in [-0.05, 0) is 39.5 Å². The van der Waals surface area contributed by atoms with Gasteiger partial charge in [0.05, 0.1) is 11.4 Å². The number of nitrogens with one attached hydrogen (secondary N) is 1. The third-order valence-corrected chi connectivity index (χ3v) is 4.25. The molecule has 1 atom stereocenters. The van der Waals surface area contributed by atoms with E-state index in [0.717, 1.165) is 23.1 Å². The number of anilines is 1. The van der Waals surface area contributed by atoms with Gasteiger partial charge in [0, 0.05) is 6.04 Å². The van der Waals surface area contributed by atoms with E-state index in [4.69, 9.17) is 11.6 Å². The van der Waals surface area contributed by atoms with Gasteiger partial charge < -0.3 is 5.32 Å². The lowest BCUT2D eigenvalue weighted by Crippen LogP contribution is -2.28. The summed E-state index contributed by atoms with van der Waals surface area (Å²) in [5.41, 5.74) is 1.84. The monoisotopic (exact) mass is 267 g/mol. The molecule has 0 saturated heterocycles. The van der Waals surface area contributed by atoms with E-state index in [1.54, 1.807) is 0 Å². The van der Waals surface area contributed by atoms with E-state index in [2.05, 4.69) is 22.2 Å². The molecule has 1 aliphatic rings. The Kier molecular flexibility index (Phi) is 4.44. The fraction of sp³-hybridized carbons (Fsp3) is 0.714. The Morgan fingerprint density at radius 2 is 1.72 bits per heavy atom. The summed E-state index contributed by atoms with van der Waals surface area (Å²) in [6.07, 6.45) is 6.70. The van der Waals surface area contributed by atoms with Crippen LogP contribution in [-0.2, 0) is 0 Å². The minimum atomic E-state index is 0.416. The maximum Gasteiger partial charge on any atom is 0.171 e. The quantitative estimate of drug-likeness (QED) is 0.895. The van der Waals surface area contributed by atoms with Crippen molar-refractivity contribution >= 4 is 17.4 Å². The van der Waals surface area contributed by atoms with E-state index in [1.807, 2.05) is 13.8 Å². The molecular formula is C14H22ClN3. The molecule has 0 aromatic carbocycles. The fourth-order valence-corrected chi connectivity index (χ4v) is 2.86. The Morgan fingerprint density at radius 3 is 2.39 bits per heavy atom. The van der Waals surface area contributed by atoms with E-state index >= 15 is 0 Å². The number of hydrogen-bond donors (Lipinski definition) is 1. The normalized spacial score (nSPS) is 18.7. The lowest BCUT2D eigenvalue weighted by atomic mass is 9.84. The minimum absolute atomic E-state index is 0.416. The number of rotatable bonds is 3. The van der Waals surface area contributed by atoms with Crippen LogP contribution in [0.15, 0.2) is 0 Å². The van der Waals surface area contributed by atoms with Gasteiger partial charge in [-0.25, -0.2) is 9.97 Å². The largest absolute Gasteiger partial charge is 0.365 e. The van der Waals surface area contributed by atoms with Gasteiger partial charge in [0.25, 0.3) is 0 Å². The van der Waals surface area contributed by atoms with Gasteiger partial charge in [0.15, 0.2) is 11.0 Å². The Balaban J connectivity index is 2.06. The van der Waals surface area contributed by atoms with Gasteiger partial charge in [-0.3, -0.25) is 0 Å². The third kappa shape index (κ3) is 3.14. The zero-order chi connectivity index (χ0) is 13.1. The smallest absolute Gasteiger partial charge is 0.171 e. The molecule has 1 aliphatic carbocycles. The summed E-state index contributed by atoms with van der Waals surface area (Å²) in [5, 5.41) is 3.93. The van der Waals surface area contributed by atoms with Crippen molar-refractivity contribution in [1.82, 2.24) is 9.97 Å². The Morgan fingerprint density at radius 1 is 1.11 bits per heavy atom. The van der Waals surface area contributed by atoms with Gasteiger partial charge in [0.1, 0.15) is 0 Å². The van der Waals surface area contributed by atoms with Crippen molar-refractivity contribution in [2.24, 2.45) is 5.92 Å². The lowest BCUT2D eigenvalue weighted by molar-refractivity contribution is 0.328. The van der Waals surface area contributed by atoms with Crippen LogP contribution in [0.3, 0.4) is 0 Å². The van der Waals surface area contributed by atoms with E-state index < -0.39 is 0 Å².